The van der Waals surface area contributed by atoms with E-state index >= 15 is 0 Å². The number of esters is 1. The first-order chi connectivity index (χ1) is 10.1. The quantitative estimate of drug-likeness (QED) is 0.834. The lowest BCUT2D eigenvalue weighted by Crippen LogP contribution is -2.46. The van der Waals surface area contributed by atoms with Gasteiger partial charge in [0.1, 0.15) is 5.41 Å². The van der Waals surface area contributed by atoms with Crippen molar-refractivity contribution in [1.82, 2.24) is 0 Å². The van der Waals surface area contributed by atoms with Crippen molar-refractivity contribution in [1.29, 1.82) is 0 Å². The summed E-state index contributed by atoms with van der Waals surface area (Å²) in [5.41, 5.74) is 8.37. The average molecular weight is 303 g/mol. The summed E-state index contributed by atoms with van der Waals surface area (Å²) in [4.78, 5) is 12.6. The van der Waals surface area contributed by atoms with Crippen LogP contribution in [0.2, 0.25) is 0 Å². The molecule has 0 aliphatic carbocycles. The fourth-order valence-electron chi connectivity index (χ4n) is 2.52. The van der Waals surface area contributed by atoms with Gasteiger partial charge in [0.05, 0.1) is 6.61 Å². The number of hydrogen-bond acceptors (Lipinski definition) is 4. The number of nitrogens with two attached hydrogens (primary N) is 1. The van der Waals surface area contributed by atoms with Crippen molar-refractivity contribution in [3.63, 3.8) is 0 Å². The molecule has 0 spiro atoms. The van der Waals surface area contributed by atoms with E-state index in [0.29, 0.717) is 13.0 Å². The van der Waals surface area contributed by atoms with Gasteiger partial charge in [0, 0.05) is 6.54 Å². The molecule has 0 aliphatic heterocycles. The van der Waals surface area contributed by atoms with Gasteiger partial charge in [0.25, 0.3) is 0 Å². The highest BCUT2D eigenvalue weighted by molar-refractivity contribution is 7.07. The lowest BCUT2D eigenvalue weighted by atomic mass is 9.75. The number of ether oxygens (including phenoxy) is 1. The minimum Gasteiger partial charge on any atom is -0.465 e. The highest BCUT2D eigenvalue weighted by Gasteiger charge is 2.40. The number of thiophene rings is 1. The van der Waals surface area contributed by atoms with Gasteiger partial charge in [-0.15, -0.1) is 0 Å². The van der Waals surface area contributed by atoms with E-state index in [2.05, 4.69) is 5.38 Å². The van der Waals surface area contributed by atoms with Gasteiger partial charge in [-0.25, -0.2) is 0 Å². The van der Waals surface area contributed by atoms with Crippen LogP contribution in [0.3, 0.4) is 0 Å². The third-order valence-corrected chi connectivity index (χ3v) is 4.40. The summed E-state index contributed by atoms with van der Waals surface area (Å²) in [6, 6.07) is 9.99. The van der Waals surface area contributed by atoms with Gasteiger partial charge in [-0.2, -0.15) is 11.3 Å². The molecule has 2 aromatic rings. The van der Waals surface area contributed by atoms with Crippen molar-refractivity contribution in [3.05, 3.63) is 57.8 Å². The zero-order valence-corrected chi connectivity index (χ0v) is 13.3. The highest BCUT2D eigenvalue weighted by atomic mass is 32.1. The first-order valence-corrected chi connectivity index (χ1v) is 8.02. The van der Waals surface area contributed by atoms with Crippen LogP contribution in [0.5, 0.6) is 0 Å². The lowest BCUT2D eigenvalue weighted by Gasteiger charge is -2.30. The second kappa shape index (κ2) is 6.87. The van der Waals surface area contributed by atoms with Gasteiger partial charge in [-0.3, -0.25) is 4.79 Å². The molecule has 2 rings (SSSR count). The molecule has 1 heterocycles. The Hall–Kier alpha value is -1.65. The third-order valence-electron chi connectivity index (χ3n) is 3.67. The van der Waals surface area contributed by atoms with Crippen molar-refractivity contribution in [3.8, 4) is 0 Å². The smallest absolute Gasteiger partial charge is 0.318 e. The van der Waals surface area contributed by atoms with Crippen molar-refractivity contribution in [2.45, 2.75) is 25.7 Å². The molecule has 0 saturated heterocycles. The van der Waals surface area contributed by atoms with Crippen LogP contribution in [0.1, 0.15) is 23.6 Å². The molecule has 0 saturated carbocycles. The minimum atomic E-state index is -0.816. The number of carbonyl (C=O) groups excluding carboxylic acids is 1. The van der Waals surface area contributed by atoms with E-state index in [1.165, 1.54) is 0 Å². The monoisotopic (exact) mass is 303 g/mol. The van der Waals surface area contributed by atoms with Crippen LogP contribution >= 0.6 is 11.3 Å². The SMILES string of the molecule is CCOC(=O)C(CN)(Cc1ccsc1)c1cccc(C)c1. The second-order valence-electron chi connectivity index (χ2n) is 5.18. The van der Waals surface area contributed by atoms with Crippen LogP contribution in [0.4, 0.5) is 0 Å². The zero-order chi connectivity index (χ0) is 15.3. The molecule has 1 aromatic carbocycles. The van der Waals surface area contributed by atoms with Crippen LogP contribution in [0.15, 0.2) is 41.1 Å². The summed E-state index contributed by atoms with van der Waals surface area (Å²) in [6.07, 6.45) is 0.565. The maximum Gasteiger partial charge on any atom is 0.318 e. The van der Waals surface area contributed by atoms with Gasteiger partial charge in [-0.05, 0) is 48.2 Å². The Morgan fingerprint density at radius 3 is 2.76 bits per heavy atom. The highest BCUT2D eigenvalue weighted by Crippen LogP contribution is 2.31. The maximum atomic E-state index is 12.6. The lowest BCUT2D eigenvalue weighted by molar-refractivity contribution is -0.149. The van der Waals surface area contributed by atoms with Crippen molar-refractivity contribution < 1.29 is 9.53 Å². The molecule has 1 aromatic heterocycles. The maximum absolute atomic E-state index is 12.6. The van der Waals surface area contributed by atoms with Crippen LogP contribution in [-0.2, 0) is 21.4 Å². The van der Waals surface area contributed by atoms with Crippen LogP contribution in [-0.4, -0.2) is 19.1 Å². The van der Waals surface area contributed by atoms with Crippen LogP contribution in [0.25, 0.3) is 0 Å². The number of aryl methyl sites for hydroxylation is 1. The van der Waals surface area contributed by atoms with Gasteiger partial charge in [0.2, 0.25) is 0 Å². The Morgan fingerprint density at radius 2 is 2.19 bits per heavy atom. The number of benzene rings is 1. The molecule has 3 nitrogen and oxygen atoms in total. The fraction of sp³-hybridized carbons (Fsp3) is 0.353. The Labute approximate surface area is 129 Å². The van der Waals surface area contributed by atoms with E-state index in [4.69, 9.17) is 10.5 Å². The molecule has 0 bridgehead atoms. The van der Waals surface area contributed by atoms with Crippen molar-refractivity contribution >= 4 is 17.3 Å². The Balaban J connectivity index is 2.47. The molecule has 1 unspecified atom stereocenters. The van der Waals surface area contributed by atoms with Gasteiger partial charge >= 0.3 is 5.97 Å². The second-order valence-corrected chi connectivity index (χ2v) is 5.96. The first kappa shape index (κ1) is 15.7. The van der Waals surface area contributed by atoms with E-state index < -0.39 is 5.41 Å². The molecule has 4 heteroatoms. The molecule has 0 amide bonds. The number of carbonyl (C=O) groups is 1. The molecule has 2 N–H and O–H groups in total. The molecule has 0 fully saturated rings. The molecule has 0 radical (unpaired) electrons. The number of rotatable bonds is 6. The summed E-state index contributed by atoms with van der Waals surface area (Å²) >= 11 is 1.62. The Kier molecular flexibility index (Phi) is 5.15. The van der Waals surface area contributed by atoms with E-state index in [1.54, 1.807) is 11.3 Å². The summed E-state index contributed by atoms with van der Waals surface area (Å²) in [5.74, 6) is -0.246. The Bertz CT molecular complexity index is 595. The van der Waals surface area contributed by atoms with Gasteiger partial charge in [0.15, 0.2) is 0 Å². The van der Waals surface area contributed by atoms with Gasteiger partial charge in [-0.1, -0.05) is 29.8 Å². The first-order valence-electron chi connectivity index (χ1n) is 7.08. The van der Waals surface area contributed by atoms with Crippen LogP contribution in [0, 0.1) is 6.92 Å². The normalized spacial score (nSPS) is 13.7. The molecular formula is C17H21NO2S. The topological polar surface area (TPSA) is 52.3 Å². The minimum absolute atomic E-state index is 0.227. The Morgan fingerprint density at radius 1 is 1.38 bits per heavy atom. The molecule has 112 valence electrons. The third kappa shape index (κ3) is 3.34. The summed E-state index contributed by atoms with van der Waals surface area (Å²) in [5, 5.41) is 4.07. The van der Waals surface area contributed by atoms with E-state index in [9.17, 15) is 4.79 Å². The van der Waals surface area contributed by atoms with Crippen LogP contribution < -0.4 is 5.73 Å². The van der Waals surface area contributed by atoms with E-state index in [-0.39, 0.29) is 12.5 Å². The predicted octanol–water partition coefficient (Wildman–Crippen LogP) is 3.06. The fourth-order valence-corrected chi connectivity index (χ4v) is 3.19. The number of hydrogen-bond donors (Lipinski definition) is 1. The molecular weight excluding hydrogens is 282 g/mol. The average Bonchev–Trinajstić information content (AvgIpc) is 2.98. The van der Waals surface area contributed by atoms with Crippen molar-refractivity contribution in [2.24, 2.45) is 5.73 Å². The standard InChI is InChI=1S/C17H21NO2S/c1-3-20-16(19)17(12-18,10-14-7-8-21-11-14)15-6-4-5-13(2)9-15/h4-9,11H,3,10,12,18H2,1-2H3. The largest absolute Gasteiger partial charge is 0.465 e. The predicted molar refractivity (Wildman–Crippen MR) is 86.6 cm³/mol. The molecule has 21 heavy (non-hydrogen) atoms. The van der Waals surface area contributed by atoms with E-state index in [1.807, 2.05) is 49.6 Å². The summed E-state index contributed by atoms with van der Waals surface area (Å²) < 4.78 is 5.33. The van der Waals surface area contributed by atoms with Crippen molar-refractivity contribution in [2.75, 3.05) is 13.2 Å². The summed E-state index contributed by atoms with van der Waals surface area (Å²) in [7, 11) is 0. The molecule has 1 atom stereocenters. The zero-order valence-electron chi connectivity index (χ0n) is 12.5. The van der Waals surface area contributed by atoms with Gasteiger partial charge < -0.3 is 10.5 Å². The summed E-state index contributed by atoms with van der Waals surface area (Å²) in [6.45, 7) is 4.42. The van der Waals surface area contributed by atoms with E-state index in [0.717, 1.165) is 16.7 Å². The molecule has 0 aliphatic rings.